The Kier molecular flexibility index (Phi) is 3.00. The van der Waals surface area contributed by atoms with E-state index in [0.29, 0.717) is 5.65 Å². The lowest BCUT2D eigenvalue weighted by atomic mass is 10.1. The fraction of sp³-hybridized carbons (Fsp3) is 0.0769. The van der Waals surface area contributed by atoms with Crippen molar-refractivity contribution in [3.63, 3.8) is 0 Å². The van der Waals surface area contributed by atoms with E-state index in [4.69, 9.17) is 0 Å². The van der Waals surface area contributed by atoms with Crippen molar-refractivity contribution in [1.82, 2.24) is 14.6 Å². The van der Waals surface area contributed by atoms with E-state index in [1.54, 1.807) is 0 Å². The maximum atomic E-state index is 12.7. The molecule has 21 heavy (non-hydrogen) atoms. The number of fused-ring (bicyclic) bond motifs is 1. The van der Waals surface area contributed by atoms with Crippen molar-refractivity contribution in [1.29, 1.82) is 0 Å². The minimum Gasteiger partial charge on any atom is -0.280 e. The van der Waals surface area contributed by atoms with E-state index in [0.717, 1.165) is 12.1 Å². The summed E-state index contributed by atoms with van der Waals surface area (Å²) < 4.78 is 52.1. The second-order valence-corrected chi connectivity index (χ2v) is 4.34. The van der Waals surface area contributed by atoms with E-state index in [2.05, 4.69) is 10.2 Å². The number of nitrogens with one attached hydrogen (secondary N) is 1. The number of benzene rings is 1. The Morgan fingerprint density at radius 2 is 1.86 bits per heavy atom. The average Bonchev–Trinajstić information content (AvgIpc) is 2.89. The van der Waals surface area contributed by atoms with Crippen molar-refractivity contribution < 1.29 is 17.7 Å². The summed E-state index contributed by atoms with van der Waals surface area (Å²) in [7, 11) is 0. The normalized spacial score (nSPS) is 11.8. The van der Waals surface area contributed by atoms with Gasteiger partial charge in [0.1, 0.15) is 0 Å². The van der Waals surface area contributed by atoms with Gasteiger partial charge in [-0.1, -0.05) is 12.1 Å². The second kappa shape index (κ2) is 4.72. The Morgan fingerprint density at radius 1 is 1.05 bits per heavy atom. The van der Waals surface area contributed by atoms with Crippen LogP contribution in [0.15, 0.2) is 42.6 Å². The van der Waals surface area contributed by atoms with Crippen LogP contribution in [0.1, 0.15) is 5.56 Å². The molecule has 0 amide bonds. The van der Waals surface area contributed by atoms with Gasteiger partial charge in [0.25, 0.3) is 0 Å². The molecule has 0 bridgehead atoms. The Hall–Kier alpha value is -2.64. The van der Waals surface area contributed by atoms with Crippen LogP contribution in [-0.2, 0) is 6.18 Å². The molecular formula is C13H8F4N4. The standard InChI is InChI=1S/C13H8F4N4/c14-13(15,16)9-3-1-2-8(6-9)12-20-19-11-5-4-10(18-17)7-21(11)12/h1-7,18H. The molecule has 0 fully saturated rings. The van der Waals surface area contributed by atoms with Gasteiger partial charge in [-0.15, -0.1) is 14.7 Å². The average molecular weight is 296 g/mol. The minimum atomic E-state index is -4.44. The molecule has 0 saturated carbocycles. The van der Waals surface area contributed by atoms with E-state index < -0.39 is 11.7 Å². The van der Waals surface area contributed by atoms with Crippen molar-refractivity contribution in [3.05, 3.63) is 48.2 Å². The Morgan fingerprint density at radius 3 is 2.57 bits per heavy atom. The Balaban J connectivity index is 2.16. The number of nitrogens with zero attached hydrogens (tertiary/aromatic N) is 3. The molecule has 0 aliphatic heterocycles. The van der Waals surface area contributed by atoms with Gasteiger partial charge in [0.2, 0.25) is 0 Å². The molecule has 0 aliphatic rings. The zero-order valence-corrected chi connectivity index (χ0v) is 10.4. The molecule has 1 aromatic carbocycles. The van der Waals surface area contributed by atoms with E-state index >= 15 is 0 Å². The first-order valence-corrected chi connectivity index (χ1v) is 5.88. The third-order valence-electron chi connectivity index (χ3n) is 2.96. The van der Waals surface area contributed by atoms with Crippen molar-refractivity contribution >= 4 is 11.3 Å². The molecule has 0 unspecified atom stereocenters. The molecule has 4 nitrogen and oxygen atoms in total. The van der Waals surface area contributed by atoms with Gasteiger partial charge in [0.05, 0.1) is 11.3 Å². The lowest BCUT2D eigenvalue weighted by Gasteiger charge is -2.08. The van der Waals surface area contributed by atoms with Crippen LogP contribution in [0, 0.1) is 0 Å². The smallest absolute Gasteiger partial charge is 0.280 e. The molecule has 2 aromatic heterocycles. The zero-order chi connectivity index (χ0) is 15.0. The molecule has 0 spiro atoms. The van der Waals surface area contributed by atoms with Crippen LogP contribution in [0.2, 0.25) is 0 Å². The lowest BCUT2D eigenvalue weighted by molar-refractivity contribution is -0.137. The van der Waals surface area contributed by atoms with Crippen molar-refractivity contribution in [3.8, 4) is 11.4 Å². The number of halogens is 4. The van der Waals surface area contributed by atoms with Crippen LogP contribution in [0.4, 0.5) is 23.3 Å². The number of anilines is 1. The first kappa shape index (κ1) is 13.3. The summed E-state index contributed by atoms with van der Waals surface area (Å²) in [4.78, 5) is 0. The second-order valence-electron chi connectivity index (χ2n) is 4.34. The van der Waals surface area contributed by atoms with Crippen LogP contribution in [-0.4, -0.2) is 14.6 Å². The predicted octanol–water partition coefficient (Wildman–Crippen LogP) is 3.71. The van der Waals surface area contributed by atoms with Crippen molar-refractivity contribution in [2.45, 2.75) is 6.18 Å². The lowest BCUT2D eigenvalue weighted by Crippen LogP contribution is -2.04. The number of alkyl halides is 3. The summed E-state index contributed by atoms with van der Waals surface area (Å²) in [6, 6.07) is 7.68. The summed E-state index contributed by atoms with van der Waals surface area (Å²) in [6.45, 7) is 0. The van der Waals surface area contributed by atoms with Crippen LogP contribution in [0.25, 0.3) is 17.0 Å². The largest absolute Gasteiger partial charge is 0.416 e. The molecule has 0 radical (unpaired) electrons. The SMILES string of the molecule is FNc1ccc2nnc(-c3cccc(C(F)(F)F)c3)n2c1. The third-order valence-corrected chi connectivity index (χ3v) is 2.96. The van der Waals surface area contributed by atoms with Crippen LogP contribution in [0.3, 0.4) is 0 Å². The molecular weight excluding hydrogens is 288 g/mol. The summed E-state index contributed by atoms with van der Waals surface area (Å²) in [5.74, 6) is 0.202. The number of rotatable bonds is 2. The highest BCUT2D eigenvalue weighted by Crippen LogP contribution is 2.31. The van der Waals surface area contributed by atoms with Crippen LogP contribution >= 0.6 is 0 Å². The van der Waals surface area contributed by atoms with E-state index in [1.807, 2.05) is 0 Å². The fourth-order valence-corrected chi connectivity index (χ4v) is 1.98. The zero-order valence-electron chi connectivity index (χ0n) is 10.4. The van der Waals surface area contributed by atoms with Gasteiger partial charge >= 0.3 is 6.18 Å². The molecule has 3 rings (SSSR count). The number of hydrogen-bond donors (Lipinski definition) is 1. The number of hydrogen-bond acceptors (Lipinski definition) is 3. The Labute approximate surface area is 116 Å². The van der Waals surface area contributed by atoms with Crippen molar-refractivity contribution in [2.75, 3.05) is 5.54 Å². The van der Waals surface area contributed by atoms with Crippen LogP contribution < -0.4 is 5.54 Å². The molecule has 0 atom stereocenters. The maximum absolute atomic E-state index is 12.7. The van der Waals surface area contributed by atoms with Gasteiger partial charge in [-0.25, -0.2) is 5.54 Å². The fourth-order valence-electron chi connectivity index (χ4n) is 1.98. The molecule has 8 heteroatoms. The minimum absolute atomic E-state index is 0.149. The number of aromatic nitrogens is 3. The van der Waals surface area contributed by atoms with Gasteiger partial charge in [-0.3, -0.25) is 4.40 Å². The van der Waals surface area contributed by atoms with Crippen molar-refractivity contribution in [2.24, 2.45) is 0 Å². The molecule has 0 saturated heterocycles. The van der Waals surface area contributed by atoms with Gasteiger partial charge in [0, 0.05) is 11.8 Å². The first-order chi connectivity index (χ1) is 9.99. The van der Waals surface area contributed by atoms with Crippen LogP contribution in [0.5, 0.6) is 0 Å². The van der Waals surface area contributed by atoms with Gasteiger partial charge < -0.3 is 0 Å². The van der Waals surface area contributed by atoms with E-state index in [-0.39, 0.29) is 17.1 Å². The molecule has 1 N–H and O–H groups in total. The molecule has 0 aliphatic carbocycles. The molecule has 108 valence electrons. The maximum Gasteiger partial charge on any atom is 0.416 e. The molecule has 3 aromatic rings. The van der Waals surface area contributed by atoms with E-state index in [9.17, 15) is 17.7 Å². The highest BCUT2D eigenvalue weighted by atomic mass is 19.4. The summed E-state index contributed by atoms with van der Waals surface area (Å²) in [5.41, 5.74) is 1.48. The first-order valence-electron chi connectivity index (χ1n) is 5.88. The third kappa shape index (κ3) is 2.39. The highest BCUT2D eigenvalue weighted by Gasteiger charge is 2.30. The Bertz CT molecular complexity index is 794. The molecule has 2 heterocycles. The summed E-state index contributed by atoms with van der Waals surface area (Å²) in [5, 5.41) is 7.70. The van der Waals surface area contributed by atoms with Gasteiger partial charge in [0.15, 0.2) is 11.5 Å². The topological polar surface area (TPSA) is 42.2 Å². The quantitative estimate of drug-likeness (QED) is 0.579. The monoisotopic (exact) mass is 296 g/mol. The highest BCUT2D eigenvalue weighted by molar-refractivity contribution is 5.62. The van der Waals surface area contributed by atoms with Gasteiger partial charge in [-0.2, -0.15) is 13.2 Å². The number of pyridine rings is 1. The van der Waals surface area contributed by atoms with E-state index in [1.165, 1.54) is 40.4 Å². The predicted molar refractivity (Wildman–Crippen MR) is 68.2 cm³/mol. The van der Waals surface area contributed by atoms with Gasteiger partial charge in [-0.05, 0) is 24.3 Å². The summed E-state index contributed by atoms with van der Waals surface area (Å²) in [6.07, 6.45) is -3.08. The summed E-state index contributed by atoms with van der Waals surface area (Å²) >= 11 is 0.